The van der Waals surface area contributed by atoms with Crippen molar-refractivity contribution in [3.05, 3.63) is 64.7 Å². The molecule has 0 unspecified atom stereocenters. The number of sulfonamides is 1. The summed E-state index contributed by atoms with van der Waals surface area (Å²) in [5, 5.41) is 0. The number of hydrogen-bond donors (Lipinski definition) is 0. The topological polar surface area (TPSA) is 63.7 Å². The van der Waals surface area contributed by atoms with E-state index in [1.807, 2.05) is 32.0 Å². The normalized spacial score (nSPS) is 11.5. The third kappa shape index (κ3) is 4.21. The highest BCUT2D eigenvalue weighted by Crippen LogP contribution is 2.16. The number of rotatable bonds is 5. The Balaban J connectivity index is 2.16. The predicted molar refractivity (Wildman–Crippen MR) is 92.4 cm³/mol. The highest BCUT2D eigenvalue weighted by atomic mass is 32.2. The minimum atomic E-state index is -3.59. The van der Waals surface area contributed by atoms with Crippen molar-refractivity contribution in [2.45, 2.75) is 25.3 Å². The molecule has 5 nitrogen and oxygen atoms in total. The first-order valence-corrected chi connectivity index (χ1v) is 8.91. The van der Waals surface area contributed by atoms with Crippen molar-refractivity contribution in [3.8, 4) is 0 Å². The summed E-state index contributed by atoms with van der Waals surface area (Å²) in [4.78, 5) is 12.3. The average Bonchev–Trinajstić information content (AvgIpc) is 2.51. The van der Waals surface area contributed by atoms with Gasteiger partial charge >= 0.3 is 5.97 Å². The van der Waals surface area contributed by atoms with E-state index in [0.29, 0.717) is 0 Å². The molecule has 0 atom stereocenters. The molecule has 2 aromatic carbocycles. The minimum absolute atomic E-state index is 0.0633. The van der Waals surface area contributed by atoms with Gasteiger partial charge < -0.3 is 4.74 Å². The van der Waals surface area contributed by atoms with E-state index in [1.54, 1.807) is 6.07 Å². The van der Waals surface area contributed by atoms with E-state index < -0.39 is 16.0 Å². The molecular formula is C18H21NO4S. The largest absolute Gasteiger partial charge is 0.457 e. The van der Waals surface area contributed by atoms with Gasteiger partial charge in [-0.3, -0.25) is 0 Å². The van der Waals surface area contributed by atoms with E-state index in [2.05, 4.69) is 0 Å². The Bertz CT molecular complexity index is 837. The molecule has 24 heavy (non-hydrogen) atoms. The third-order valence-electron chi connectivity index (χ3n) is 3.50. The Labute approximate surface area is 142 Å². The molecular weight excluding hydrogens is 326 g/mol. The lowest BCUT2D eigenvalue weighted by atomic mass is 10.1. The van der Waals surface area contributed by atoms with E-state index in [4.69, 9.17) is 4.74 Å². The van der Waals surface area contributed by atoms with Crippen molar-refractivity contribution in [1.29, 1.82) is 0 Å². The van der Waals surface area contributed by atoms with Gasteiger partial charge in [0.2, 0.25) is 10.0 Å². The molecule has 0 saturated carbocycles. The van der Waals surface area contributed by atoms with Crippen LogP contribution in [0.25, 0.3) is 0 Å². The van der Waals surface area contributed by atoms with Crippen molar-refractivity contribution < 1.29 is 17.9 Å². The fourth-order valence-electron chi connectivity index (χ4n) is 2.38. The van der Waals surface area contributed by atoms with Gasteiger partial charge in [0, 0.05) is 14.1 Å². The fraction of sp³-hybridized carbons (Fsp3) is 0.278. The lowest BCUT2D eigenvalue weighted by Gasteiger charge is -2.12. The zero-order valence-electron chi connectivity index (χ0n) is 14.2. The maximum Gasteiger partial charge on any atom is 0.338 e. The summed E-state index contributed by atoms with van der Waals surface area (Å²) in [7, 11) is -0.696. The van der Waals surface area contributed by atoms with Crippen LogP contribution in [0.3, 0.4) is 0 Å². The molecule has 0 fully saturated rings. The number of esters is 1. The van der Waals surface area contributed by atoms with Gasteiger partial charge in [-0.15, -0.1) is 0 Å². The molecule has 2 aromatic rings. The molecule has 0 saturated heterocycles. The molecule has 0 radical (unpaired) electrons. The van der Waals surface area contributed by atoms with Crippen LogP contribution in [0.4, 0.5) is 0 Å². The Morgan fingerprint density at radius 1 is 1.04 bits per heavy atom. The quantitative estimate of drug-likeness (QED) is 0.780. The van der Waals surface area contributed by atoms with Crippen molar-refractivity contribution in [1.82, 2.24) is 4.31 Å². The smallest absolute Gasteiger partial charge is 0.338 e. The Morgan fingerprint density at radius 2 is 1.67 bits per heavy atom. The van der Waals surface area contributed by atoms with E-state index in [9.17, 15) is 13.2 Å². The summed E-state index contributed by atoms with van der Waals surface area (Å²) in [6, 6.07) is 11.8. The third-order valence-corrected chi connectivity index (χ3v) is 5.31. The van der Waals surface area contributed by atoms with E-state index in [0.717, 1.165) is 21.0 Å². The zero-order valence-corrected chi connectivity index (χ0v) is 15.1. The number of aryl methyl sites for hydroxylation is 2. The van der Waals surface area contributed by atoms with Crippen LogP contribution >= 0.6 is 0 Å². The molecule has 0 amide bonds. The molecule has 0 aliphatic carbocycles. The van der Waals surface area contributed by atoms with Crippen LogP contribution in [0.5, 0.6) is 0 Å². The van der Waals surface area contributed by atoms with Crippen molar-refractivity contribution in [2.75, 3.05) is 14.1 Å². The van der Waals surface area contributed by atoms with Crippen LogP contribution in [-0.2, 0) is 21.4 Å². The van der Waals surface area contributed by atoms with Crippen molar-refractivity contribution in [2.24, 2.45) is 0 Å². The Morgan fingerprint density at radius 3 is 2.25 bits per heavy atom. The first kappa shape index (κ1) is 18.2. The second-order valence-corrected chi connectivity index (χ2v) is 8.04. The van der Waals surface area contributed by atoms with Gasteiger partial charge in [0.05, 0.1) is 10.5 Å². The number of hydrogen-bond acceptors (Lipinski definition) is 4. The molecule has 128 valence electrons. The molecule has 0 bridgehead atoms. The molecule has 0 heterocycles. The second kappa shape index (κ2) is 7.15. The first-order valence-electron chi connectivity index (χ1n) is 7.47. The van der Waals surface area contributed by atoms with Crippen LogP contribution in [0.2, 0.25) is 0 Å². The summed E-state index contributed by atoms with van der Waals surface area (Å²) < 4.78 is 30.7. The van der Waals surface area contributed by atoms with E-state index >= 15 is 0 Å². The summed E-state index contributed by atoms with van der Waals surface area (Å²) in [5.74, 6) is -0.551. The molecule has 6 heteroatoms. The average molecular weight is 347 g/mol. The minimum Gasteiger partial charge on any atom is -0.457 e. The predicted octanol–water partition coefficient (Wildman–Crippen LogP) is 2.91. The molecule has 0 aliphatic heterocycles. The van der Waals surface area contributed by atoms with Crippen LogP contribution in [-0.4, -0.2) is 32.8 Å². The van der Waals surface area contributed by atoms with Gasteiger partial charge in [-0.2, -0.15) is 0 Å². The molecule has 0 spiro atoms. The van der Waals surface area contributed by atoms with Gasteiger partial charge in [-0.1, -0.05) is 35.4 Å². The lowest BCUT2D eigenvalue weighted by molar-refractivity contribution is 0.0472. The summed E-state index contributed by atoms with van der Waals surface area (Å²) in [5.41, 5.74) is 3.31. The van der Waals surface area contributed by atoms with Gasteiger partial charge in [-0.05, 0) is 37.6 Å². The molecule has 2 rings (SSSR count). The number of ether oxygens (including phenoxy) is 1. The Hall–Kier alpha value is -2.18. The number of nitrogens with zero attached hydrogens (tertiary/aromatic N) is 1. The van der Waals surface area contributed by atoms with Crippen LogP contribution in [0.1, 0.15) is 27.0 Å². The molecule has 0 aliphatic rings. The van der Waals surface area contributed by atoms with Crippen LogP contribution < -0.4 is 0 Å². The van der Waals surface area contributed by atoms with E-state index in [-0.39, 0.29) is 17.1 Å². The summed E-state index contributed by atoms with van der Waals surface area (Å²) >= 11 is 0. The Kier molecular flexibility index (Phi) is 5.41. The summed E-state index contributed by atoms with van der Waals surface area (Å²) in [6.07, 6.45) is 0. The highest BCUT2D eigenvalue weighted by Gasteiger charge is 2.19. The number of benzene rings is 2. The molecule has 0 aromatic heterocycles. The van der Waals surface area contributed by atoms with Gasteiger partial charge in [-0.25, -0.2) is 17.5 Å². The van der Waals surface area contributed by atoms with Crippen LogP contribution in [0, 0.1) is 13.8 Å². The number of carbonyl (C=O) groups excluding carboxylic acids is 1. The standard InChI is InChI=1S/C18H21NO4S/c1-13-8-14(2)10-15(9-13)12-23-18(20)16-6-5-7-17(11-16)24(21,22)19(3)4/h5-11H,12H2,1-4H3. The maximum atomic E-state index is 12.2. The van der Waals surface area contributed by atoms with Crippen LogP contribution in [0.15, 0.2) is 47.4 Å². The zero-order chi connectivity index (χ0) is 17.9. The van der Waals surface area contributed by atoms with E-state index in [1.165, 1.54) is 32.3 Å². The monoisotopic (exact) mass is 347 g/mol. The second-order valence-electron chi connectivity index (χ2n) is 5.89. The lowest BCUT2D eigenvalue weighted by Crippen LogP contribution is -2.22. The fourth-order valence-corrected chi connectivity index (χ4v) is 3.33. The maximum absolute atomic E-state index is 12.2. The highest BCUT2D eigenvalue weighted by molar-refractivity contribution is 7.89. The molecule has 0 N–H and O–H groups in total. The van der Waals surface area contributed by atoms with Crippen molar-refractivity contribution >= 4 is 16.0 Å². The van der Waals surface area contributed by atoms with Gasteiger partial charge in [0.1, 0.15) is 6.61 Å². The van der Waals surface area contributed by atoms with Gasteiger partial charge in [0.25, 0.3) is 0 Å². The van der Waals surface area contributed by atoms with Crippen molar-refractivity contribution in [3.63, 3.8) is 0 Å². The number of carbonyl (C=O) groups is 1. The first-order chi connectivity index (χ1) is 11.2. The van der Waals surface area contributed by atoms with Gasteiger partial charge in [0.15, 0.2) is 0 Å². The SMILES string of the molecule is Cc1cc(C)cc(COC(=O)c2cccc(S(=O)(=O)N(C)C)c2)c1. The summed E-state index contributed by atoms with van der Waals surface area (Å²) in [6.45, 7) is 4.10.